The van der Waals surface area contributed by atoms with Crippen LogP contribution in [0.4, 0.5) is 0 Å². The lowest BCUT2D eigenvalue weighted by Crippen LogP contribution is -2.57. The molecule has 5 rings (SSSR count). The Morgan fingerprint density at radius 1 is 1.11 bits per heavy atom. The largest absolute Gasteiger partial charge is 0.384 e. The van der Waals surface area contributed by atoms with Crippen LogP contribution in [0, 0.1) is 16.7 Å². The van der Waals surface area contributed by atoms with Crippen LogP contribution in [0.3, 0.4) is 0 Å². The van der Waals surface area contributed by atoms with Crippen molar-refractivity contribution in [3.8, 4) is 6.07 Å². The first-order chi connectivity index (χ1) is 18.2. The molecule has 2 saturated heterocycles. The zero-order chi connectivity index (χ0) is 27.1. The van der Waals surface area contributed by atoms with Crippen molar-refractivity contribution in [2.24, 2.45) is 5.41 Å². The summed E-state index contributed by atoms with van der Waals surface area (Å²) in [5, 5.41) is 23.8. The zero-order valence-electron chi connectivity index (χ0n) is 22.0. The number of hydrogen-bond acceptors (Lipinski definition) is 6. The van der Waals surface area contributed by atoms with Gasteiger partial charge >= 0.3 is 0 Å². The molecule has 2 fully saturated rings. The summed E-state index contributed by atoms with van der Waals surface area (Å²) in [4.78, 5) is 41.1. The van der Waals surface area contributed by atoms with Gasteiger partial charge < -0.3 is 10.0 Å². The molecule has 8 heteroatoms. The van der Waals surface area contributed by atoms with Crippen LogP contribution in [0.25, 0.3) is 0 Å². The summed E-state index contributed by atoms with van der Waals surface area (Å²) in [6, 6.07) is 14.8. The van der Waals surface area contributed by atoms with E-state index in [-0.39, 0.29) is 23.7 Å². The molecular formula is C30H34N4O4. The molecule has 198 valence electrons. The molecule has 0 aliphatic carbocycles. The Bertz CT molecular complexity index is 1310. The lowest BCUT2D eigenvalue weighted by molar-refractivity contribution is -0.148. The van der Waals surface area contributed by atoms with E-state index < -0.39 is 17.6 Å². The van der Waals surface area contributed by atoms with Gasteiger partial charge in [-0.3, -0.25) is 24.6 Å². The number of carbonyl (C=O) groups is 3. The number of nitrogens with zero attached hydrogens (tertiary/aromatic N) is 3. The molecule has 3 amide bonds. The second kappa shape index (κ2) is 9.97. The summed E-state index contributed by atoms with van der Waals surface area (Å²) in [7, 11) is 0. The fraction of sp³-hybridized carbons (Fsp3) is 0.467. The van der Waals surface area contributed by atoms with Gasteiger partial charge in [0, 0.05) is 43.6 Å². The fourth-order valence-electron chi connectivity index (χ4n) is 6.64. The summed E-state index contributed by atoms with van der Waals surface area (Å²) in [5.74, 6) is -0.935. The van der Waals surface area contributed by atoms with Crippen molar-refractivity contribution in [2.45, 2.75) is 70.7 Å². The minimum absolute atomic E-state index is 0.206. The average molecular weight is 515 g/mol. The number of nitrogens with one attached hydrogen (secondary N) is 1. The van der Waals surface area contributed by atoms with Crippen molar-refractivity contribution < 1.29 is 19.5 Å². The van der Waals surface area contributed by atoms with E-state index in [4.69, 9.17) is 5.26 Å². The van der Waals surface area contributed by atoms with Gasteiger partial charge in [-0.15, -0.1) is 0 Å². The number of hydrogen-bond donors (Lipinski definition) is 2. The van der Waals surface area contributed by atoms with Gasteiger partial charge in [-0.05, 0) is 60.6 Å². The normalized spacial score (nSPS) is 25.2. The predicted octanol–water partition coefficient (Wildman–Crippen LogP) is 3.22. The van der Waals surface area contributed by atoms with Crippen LogP contribution in [0.2, 0.25) is 0 Å². The Labute approximate surface area is 223 Å². The average Bonchev–Trinajstić information content (AvgIpc) is 3.25. The van der Waals surface area contributed by atoms with Crippen molar-refractivity contribution in [3.05, 3.63) is 70.3 Å². The van der Waals surface area contributed by atoms with E-state index in [0.717, 1.165) is 49.2 Å². The second-order valence-corrected chi connectivity index (χ2v) is 10.9. The zero-order valence-corrected chi connectivity index (χ0v) is 22.0. The Hall–Kier alpha value is -3.54. The number of benzene rings is 2. The van der Waals surface area contributed by atoms with Gasteiger partial charge in [-0.1, -0.05) is 38.1 Å². The number of carbonyl (C=O) groups excluding carboxylic acids is 3. The molecule has 3 heterocycles. The van der Waals surface area contributed by atoms with Crippen LogP contribution in [-0.4, -0.2) is 51.8 Å². The molecule has 0 aromatic heterocycles. The van der Waals surface area contributed by atoms with Crippen LogP contribution in [-0.2, 0) is 28.3 Å². The highest BCUT2D eigenvalue weighted by atomic mass is 16.3. The Morgan fingerprint density at radius 2 is 1.84 bits per heavy atom. The minimum Gasteiger partial charge on any atom is -0.384 e. The smallest absolute Gasteiger partial charge is 0.255 e. The summed E-state index contributed by atoms with van der Waals surface area (Å²) in [6.45, 7) is 6.75. The third kappa shape index (κ3) is 4.30. The lowest BCUT2D eigenvalue weighted by Gasteiger charge is -2.54. The first kappa shape index (κ1) is 26.1. The molecule has 3 aliphatic heterocycles. The van der Waals surface area contributed by atoms with Gasteiger partial charge in [0.15, 0.2) is 0 Å². The van der Waals surface area contributed by atoms with E-state index in [1.807, 2.05) is 36.4 Å². The quantitative estimate of drug-likeness (QED) is 0.573. The number of likely N-dealkylation sites (tertiary alicyclic amines) is 1. The van der Waals surface area contributed by atoms with E-state index in [9.17, 15) is 19.5 Å². The van der Waals surface area contributed by atoms with Crippen LogP contribution >= 0.6 is 0 Å². The molecule has 2 atom stereocenters. The van der Waals surface area contributed by atoms with Crippen molar-refractivity contribution in [1.29, 1.82) is 5.26 Å². The SMILES string of the molecule is CCC1(CC)CN(Cc2ccc(C#N)cc2)CC[C@@]1(O)c1ccc2c(c1)CN([C@H]1CCC(=O)NC1=O)C2=O. The molecule has 0 bridgehead atoms. The molecule has 2 aromatic rings. The standard InChI is InChI=1S/C30H34N4O4/c1-3-29(4-2)19-33(17-21-7-5-20(16-31)6-8-21)14-13-30(29,38)23-9-10-24-22(15-23)18-34(28(24)37)25-11-12-26(35)32-27(25)36/h5-10,15,25,38H,3-4,11-14,17-19H2,1-2H3,(H,32,35,36)/t25-,30+/m0/s1. The predicted molar refractivity (Wildman–Crippen MR) is 140 cm³/mol. The number of amides is 3. The molecule has 8 nitrogen and oxygen atoms in total. The summed E-state index contributed by atoms with van der Waals surface area (Å²) < 4.78 is 0. The monoisotopic (exact) mass is 514 g/mol. The summed E-state index contributed by atoms with van der Waals surface area (Å²) in [5.41, 5.74) is 2.53. The maximum atomic E-state index is 13.2. The lowest BCUT2D eigenvalue weighted by atomic mass is 9.61. The van der Waals surface area contributed by atoms with Crippen LogP contribution in [0.5, 0.6) is 0 Å². The van der Waals surface area contributed by atoms with Gasteiger partial charge in [0.25, 0.3) is 5.91 Å². The van der Waals surface area contributed by atoms with Crippen molar-refractivity contribution in [1.82, 2.24) is 15.1 Å². The number of piperidine rings is 2. The van der Waals surface area contributed by atoms with E-state index in [1.54, 1.807) is 11.0 Å². The molecule has 0 unspecified atom stereocenters. The maximum Gasteiger partial charge on any atom is 0.255 e. The highest BCUT2D eigenvalue weighted by Crippen LogP contribution is 2.51. The second-order valence-electron chi connectivity index (χ2n) is 10.9. The first-order valence-corrected chi connectivity index (χ1v) is 13.5. The number of imide groups is 1. The van der Waals surface area contributed by atoms with E-state index in [0.29, 0.717) is 30.5 Å². The minimum atomic E-state index is -1.06. The van der Waals surface area contributed by atoms with Gasteiger partial charge in [0.2, 0.25) is 11.8 Å². The van der Waals surface area contributed by atoms with Crippen molar-refractivity contribution in [3.63, 3.8) is 0 Å². The highest BCUT2D eigenvalue weighted by molar-refractivity contribution is 6.05. The molecule has 0 radical (unpaired) electrons. The van der Waals surface area contributed by atoms with Crippen molar-refractivity contribution >= 4 is 17.7 Å². The molecular weight excluding hydrogens is 480 g/mol. The maximum absolute atomic E-state index is 13.2. The van der Waals surface area contributed by atoms with E-state index in [1.165, 1.54) is 0 Å². The number of rotatable bonds is 6. The van der Waals surface area contributed by atoms with Crippen LogP contribution in [0.1, 0.15) is 78.6 Å². The fourth-order valence-corrected chi connectivity index (χ4v) is 6.64. The van der Waals surface area contributed by atoms with Gasteiger partial charge in [0.1, 0.15) is 6.04 Å². The van der Waals surface area contributed by atoms with Crippen LogP contribution < -0.4 is 5.32 Å². The topological polar surface area (TPSA) is 114 Å². The number of fused-ring (bicyclic) bond motifs is 1. The van der Waals surface area contributed by atoms with Gasteiger partial charge in [0.05, 0.1) is 17.2 Å². The molecule has 38 heavy (non-hydrogen) atoms. The van der Waals surface area contributed by atoms with Gasteiger partial charge in [-0.25, -0.2) is 0 Å². The number of aliphatic hydroxyl groups is 1. The third-order valence-corrected chi connectivity index (χ3v) is 9.04. The summed E-state index contributed by atoms with van der Waals surface area (Å²) >= 11 is 0. The van der Waals surface area contributed by atoms with E-state index in [2.05, 4.69) is 30.1 Å². The van der Waals surface area contributed by atoms with E-state index >= 15 is 0 Å². The molecule has 2 N–H and O–H groups in total. The Kier molecular flexibility index (Phi) is 6.84. The number of nitriles is 1. The molecule has 0 saturated carbocycles. The molecule has 2 aromatic carbocycles. The van der Waals surface area contributed by atoms with Gasteiger partial charge in [-0.2, -0.15) is 5.26 Å². The Morgan fingerprint density at radius 3 is 2.50 bits per heavy atom. The highest BCUT2D eigenvalue weighted by Gasteiger charge is 2.53. The summed E-state index contributed by atoms with van der Waals surface area (Å²) in [6.07, 6.45) is 2.69. The van der Waals surface area contributed by atoms with Crippen molar-refractivity contribution in [2.75, 3.05) is 13.1 Å². The molecule has 3 aliphatic rings. The molecule has 0 spiro atoms. The Balaban J connectivity index is 1.38. The third-order valence-electron chi connectivity index (χ3n) is 9.04. The van der Waals surface area contributed by atoms with Crippen LogP contribution in [0.15, 0.2) is 42.5 Å². The first-order valence-electron chi connectivity index (χ1n) is 13.5.